The van der Waals surface area contributed by atoms with Gasteiger partial charge in [0.25, 0.3) is 0 Å². The number of hydrogen-bond donors (Lipinski definition) is 6. The minimum Gasteiger partial charge on any atom is -0.480 e. The number of nitrogens with one attached hydrogen (secondary N) is 2. The molecule has 2 unspecified atom stereocenters. The zero-order chi connectivity index (χ0) is 72.5. The minimum absolute atomic E-state index is 0.0772. The number of rotatable bonds is 75. The Morgan fingerprint density at radius 2 is 0.717 bits per heavy atom. The Morgan fingerprint density at radius 1 is 0.414 bits per heavy atom. The predicted octanol–water partition coefficient (Wildman–Crippen LogP) is 20.3. The number of aliphatic carboxylic acids is 1. The molecule has 0 radical (unpaired) electrons. The van der Waals surface area contributed by atoms with E-state index in [2.05, 4.69) is 52.2 Å². The van der Waals surface area contributed by atoms with Crippen molar-refractivity contribution in [3.05, 3.63) is 0 Å². The number of esters is 1. The molecule has 1 saturated heterocycles. The molecule has 1 aliphatic rings. The number of amides is 2. The Bertz CT molecular complexity index is 1860. The summed E-state index contributed by atoms with van der Waals surface area (Å²) >= 11 is 0. The third-order valence-electron chi connectivity index (χ3n) is 19.7. The Labute approximate surface area is 605 Å². The number of unbranched alkanes of at least 4 members (excludes halogenated alkanes) is 44. The van der Waals surface area contributed by atoms with Crippen molar-refractivity contribution < 1.29 is 76.7 Å². The number of aliphatic hydroxyl groups excluding tert-OH is 1. The molecule has 0 saturated carbocycles. The van der Waals surface area contributed by atoms with E-state index in [-0.39, 0.29) is 19.3 Å². The molecular formula is C80H155N2O16P. The highest BCUT2D eigenvalue weighted by Gasteiger charge is 2.52. The second-order valence-corrected chi connectivity index (χ2v) is 30.3. The molecule has 0 bridgehead atoms. The highest BCUT2D eigenvalue weighted by atomic mass is 31.2. The second kappa shape index (κ2) is 67.6. The predicted molar refractivity (Wildman–Crippen MR) is 402 cm³/mol. The maximum atomic E-state index is 14.8. The van der Waals surface area contributed by atoms with E-state index in [9.17, 15) is 43.7 Å². The fourth-order valence-corrected chi connectivity index (χ4v) is 14.1. The first-order valence-corrected chi connectivity index (χ1v) is 43.2. The van der Waals surface area contributed by atoms with Gasteiger partial charge in [-0.3, -0.25) is 18.9 Å². The van der Waals surface area contributed by atoms with Gasteiger partial charge in [0.05, 0.1) is 50.8 Å². The van der Waals surface area contributed by atoms with E-state index in [0.717, 1.165) is 148 Å². The number of carboxylic acid groups (broad SMARTS) is 1. The molecule has 0 aromatic rings. The average molecular weight is 1430 g/mol. The number of ether oxygens (including phenoxy) is 6. The van der Waals surface area contributed by atoms with Crippen LogP contribution < -0.4 is 10.6 Å². The van der Waals surface area contributed by atoms with Crippen molar-refractivity contribution in [1.29, 1.82) is 0 Å². The summed E-state index contributed by atoms with van der Waals surface area (Å²) < 4.78 is 56.6. The molecule has 586 valence electrons. The number of carbonyl (C=O) groups is 4. The normalized spacial score (nSPS) is 17.7. The fourth-order valence-electron chi connectivity index (χ4n) is 13.5. The van der Waals surface area contributed by atoms with Crippen molar-refractivity contribution in [3.8, 4) is 0 Å². The van der Waals surface area contributed by atoms with Crippen LogP contribution in [0.1, 0.15) is 401 Å². The van der Waals surface area contributed by atoms with Crippen molar-refractivity contribution in [1.82, 2.24) is 10.6 Å². The number of hydrogen-bond acceptors (Lipinski definition) is 13. The first-order valence-electron chi connectivity index (χ1n) is 41.6. The summed E-state index contributed by atoms with van der Waals surface area (Å²) in [5, 5.41) is 27.3. The SMILES string of the molecule is CCCCCCCCCCC[C@H](CC(=O)NC1[C@H](OC[C@H](NC(=O)C[C@@H](CCCCCCCCCC)OCCCCCCCCCC)C(=O)O)OC(CO)[C@@H](OP(=O)(O)O)[C@@H]1OC(=O)C[C@@H](CCCCCCCCCCC)OCCCCCCCCCC)OCCCCCCCCCC. The summed E-state index contributed by atoms with van der Waals surface area (Å²) in [5.41, 5.74) is 0. The monoisotopic (exact) mass is 1430 g/mol. The molecular weight excluding hydrogens is 1280 g/mol. The van der Waals surface area contributed by atoms with E-state index in [0.29, 0.717) is 39.1 Å². The maximum Gasteiger partial charge on any atom is 0.470 e. The van der Waals surface area contributed by atoms with Gasteiger partial charge in [0.15, 0.2) is 18.4 Å². The van der Waals surface area contributed by atoms with Gasteiger partial charge in [-0.1, -0.05) is 343 Å². The van der Waals surface area contributed by atoms with E-state index in [1.54, 1.807) is 0 Å². The van der Waals surface area contributed by atoms with Crippen molar-refractivity contribution in [2.75, 3.05) is 33.0 Å². The molecule has 0 aromatic heterocycles. The van der Waals surface area contributed by atoms with Crippen LogP contribution in [0.15, 0.2) is 0 Å². The first kappa shape index (κ1) is 94.8. The van der Waals surface area contributed by atoms with Crippen molar-refractivity contribution in [2.24, 2.45) is 0 Å². The lowest BCUT2D eigenvalue weighted by Crippen LogP contribution is -2.66. The van der Waals surface area contributed by atoms with Crippen molar-refractivity contribution in [3.63, 3.8) is 0 Å². The van der Waals surface area contributed by atoms with Crippen LogP contribution in [0.5, 0.6) is 0 Å². The summed E-state index contributed by atoms with van der Waals surface area (Å²) in [6, 6.07) is -3.22. The zero-order valence-corrected chi connectivity index (χ0v) is 65.4. The van der Waals surface area contributed by atoms with Gasteiger partial charge in [0, 0.05) is 19.8 Å². The summed E-state index contributed by atoms with van der Waals surface area (Å²) in [5.74, 6) is -3.34. The topological polar surface area (TPSA) is 255 Å². The van der Waals surface area contributed by atoms with E-state index in [1.807, 2.05) is 0 Å². The van der Waals surface area contributed by atoms with Crippen LogP contribution in [0.3, 0.4) is 0 Å². The smallest absolute Gasteiger partial charge is 0.470 e. The molecule has 18 nitrogen and oxygen atoms in total. The average Bonchev–Trinajstić information content (AvgIpc) is 0.796. The van der Waals surface area contributed by atoms with Gasteiger partial charge in [-0.15, -0.1) is 0 Å². The third-order valence-corrected chi connectivity index (χ3v) is 20.2. The van der Waals surface area contributed by atoms with E-state index in [4.69, 9.17) is 32.9 Å². The summed E-state index contributed by atoms with van der Waals surface area (Å²) in [4.78, 5) is 77.7. The standard InChI is InChI=1S/C80H155N2O16P/c1-7-13-19-25-31-37-40-46-52-58-69(93-61-55-49-43-35-29-23-17-11-5)64-74(85)82-76-78(97-75(86)65-70(59-53-47-41-38-32-26-20-14-8-2)94-62-56-50-44-36-30-24-18-12-6)77(98-99(89,90)91)72(66-83)96-80(76)95-67-71(79(87)88)81-73(84)63-68(57-51-45-39-33-27-21-15-9-3)92-60-54-48-42-34-28-22-16-10-4/h68-72,76-78,80,83H,7-67H2,1-6H3,(H,81,84)(H,82,85)(H,87,88)(H2,89,90,91)/t68-,69-,70-,71+,72?,76?,77-,78-,80-/m1/s1. The Morgan fingerprint density at radius 3 is 1.03 bits per heavy atom. The van der Waals surface area contributed by atoms with Crippen LogP contribution in [0.25, 0.3) is 0 Å². The van der Waals surface area contributed by atoms with Crippen molar-refractivity contribution in [2.45, 2.75) is 456 Å². The van der Waals surface area contributed by atoms with Crippen LogP contribution in [-0.2, 0) is 56.7 Å². The lowest BCUT2D eigenvalue weighted by molar-refractivity contribution is -0.272. The summed E-state index contributed by atoms with van der Waals surface area (Å²) in [6.07, 6.45) is 48.9. The lowest BCUT2D eigenvalue weighted by atomic mass is 9.95. The van der Waals surface area contributed by atoms with Crippen LogP contribution in [0.2, 0.25) is 0 Å². The van der Waals surface area contributed by atoms with Crippen LogP contribution in [-0.4, -0.2) is 132 Å². The van der Waals surface area contributed by atoms with Gasteiger partial charge in [0.1, 0.15) is 18.2 Å². The summed E-state index contributed by atoms with van der Waals surface area (Å²) in [6.45, 7) is 13.0. The summed E-state index contributed by atoms with van der Waals surface area (Å²) in [7, 11) is -5.44. The highest BCUT2D eigenvalue weighted by molar-refractivity contribution is 7.46. The first-order chi connectivity index (χ1) is 48.2. The Balaban J connectivity index is 3.73. The van der Waals surface area contributed by atoms with Gasteiger partial charge in [-0.2, -0.15) is 0 Å². The number of carbonyl (C=O) groups excluding carboxylic acids is 3. The maximum absolute atomic E-state index is 14.8. The largest absolute Gasteiger partial charge is 0.480 e. The lowest BCUT2D eigenvalue weighted by Gasteiger charge is -2.45. The zero-order valence-electron chi connectivity index (χ0n) is 64.5. The number of phosphoric ester groups is 1. The Kier molecular flexibility index (Phi) is 64.7. The molecule has 6 N–H and O–H groups in total. The molecule has 1 aliphatic heterocycles. The van der Waals surface area contributed by atoms with Gasteiger partial charge >= 0.3 is 19.8 Å². The highest BCUT2D eigenvalue weighted by Crippen LogP contribution is 2.42. The molecule has 99 heavy (non-hydrogen) atoms. The third kappa shape index (κ3) is 55.9. The quantitative estimate of drug-likeness (QED) is 0.0188. The van der Waals surface area contributed by atoms with Gasteiger partial charge < -0.3 is 59.1 Å². The van der Waals surface area contributed by atoms with Crippen LogP contribution >= 0.6 is 7.82 Å². The molecule has 0 aliphatic carbocycles. The molecule has 1 heterocycles. The number of phosphoric acid groups is 1. The van der Waals surface area contributed by atoms with Gasteiger partial charge in [0.2, 0.25) is 11.8 Å². The van der Waals surface area contributed by atoms with E-state index < -0.39 is 99.8 Å². The molecule has 0 spiro atoms. The molecule has 19 heteroatoms. The molecule has 9 atom stereocenters. The van der Waals surface area contributed by atoms with E-state index >= 15 is 0 Å². The van der Waals surface area contributed by atoms with Gasteiger partial charge in [-0.25, -0.2) is 9.36 Å². The Hall–Kier alpha value is -2.25. The number of carboxylic acids is 1. The van der Waals surface area contributed by atoms with Gasteiger partial charge in [-0.05, 0) is 38.5 Å². The van der Waals surface area contributed by atoms with E-state index in [1.165, 1.54) is 173 Å². The molecule has 0 aromatic carbocycles. The van der Waals surface area contributed by atoms with Crippen molar-refractivity contribution >= 4 is 31.6 Å². The van der Waals surface area contributed by atoms with Crippen LogP contribution in [0.4, 0.5) is 0 Å². The van der Waals surface area contributed by atoms with Crippen LogP contribution in [0, 0.1) is 0 Å². The molecule has 1 fully saturated rings. The minimum atomic E-state index is -5.44. The second-order valence-electron chi connectivity index (χ2n) is 29.1. The molecule has 1 rings (SSSR count). The molecule has 2 amide bonds. The number of aliphatic hydroxyl groups is 1. The fraction of sp³-hybridized carbons (Fsp3) is 0.950.